The van der Waals surface area contributed by atoms with Gasteiger partial charge in [-0.15, -0.1) is 0 Å². The minimum Gasteiger partial charge on any atom is -0.497 e. The molecule has 156 valence electrons. The number of rotatable bonds is 5. The summed E-state index contributed by atoms with van der Waals surface area (Å²) in [7, 11) is 1.57. The molecule has 8 heteroatoms. The van der Waals surface area contributed by atoms with Crippen LogP contribution in [0.25, 0.3) is 22.2 Å². The van der Waals surface area contributed by atoms with Crippen LogP contribution in [-0.2, 0) is 4.79 Å². The van der Waals surface area contributed by atoms with Gasteiger partial charge in [0.05, 0.1) is 12.8 Å². The molecule has 0 radical (unpaired) electrons. The summed E-state index contributed by atoms with van der Waals surface area (Å²) < 4.78 is 11.5. The maximum atomic E-state index is 12.8. The van der Waals surface area contributed by atoms with Crippen LogP contribution in [-0.4, -0.2) is 22.8 Å². The Morgan fingerprint density at radius 1 is 1.06 bits per heavy atom. The molecule has 0 aliphatic rings. The van der Waals surface area contributed by atoms with Gasteiger partial charge in [-0.25, -0.2) is 9.48 Å². The topological polar surface area (TPSA) is 103 Å². The molecule has 1 amide bonds. The molecule has 0 fully saturated rings. The van der Waals surface area contributed by atoms with E-state index in [1.165, 1.54) is 19.1 Å². The Hall–Kier alpha value is -4.20. The third-order valence-electron chi connectivity index (χ3n) is 4.86. The second-order valence-electron chi connectivity index (χ2n) is 6.88. The average Bonchev–Trinajstić information content (AvgIpc) is 2.79. The summed E-state index contributed by atoms with van der Waals surface area (Å²) in [4.78, 5) is 37.4. The Bertz CT molecular complexity index is 1370. The van der Waals surface area contributed by atoms with Gasteiger partial charge in [-0.3, -0.25) is 9.59 Å². The van der Waals surface area contributed by atoms with Crippen molar-refractivity contribution >= 4 is 22.6 Å². The Kier molecular flexibility index (Phi) is 5.36. The molecule has 1 unspecified atom stereocenters. The van der Waals surface area contributed by atoms with Gasteiger partial charge in [0, 0.05) is 17.0 Å². The Labute approximate surface area is 176 Å². The molecule has 31 heavy (non-hydrogen) atoms. The lowest BCUT2D eigenvalue weighted by Crippen LogP contribution is -2.34. The number of hydrogen-bond donors (Lipinski definition) is 1. The average molecular weight is 417 g/mol. The number of benzene rings is 2. The summed E-state index contributed by atoms with van der Waals surface area (Å²) in [6, 6.07) is 17.7. The summed E-state index contributed by atoms with van der Waals surface area (Å²) >= 11 is 0. The van der Waals surface area contributed by atoms with Gasteiger partial charge in [0.25, 0.3) is 5.56 Å². The number of nitrogens with zero attached hydrogens (tertiary/aromatic N) is 2. The molecular weight excluding hydrogens is 398 g/mol. The van der Waals surface area contributed by atoms with Crippen LogP contribution in [0.2, 0.25) is 0 Å². The van der Waals surface area contributed by atoms with Gasteiger partial charge in [-0.1, -0.05) is 18.2 Å². The largest absolute Gasteiger partial charge is 0.497 e. The molecule has 8 nitrogen and oxygen atoms in total. The second-order valence-corrected chi connectivity index (χ2v) is 6.88. The van der Waals surface area contributed by atoms with Crippen molar-refractivity contribution in [3.05, 3.63) is 87.5 Å². The number of carbonyl (C=O) groups is 1. The molecule has 0 aliphatic heterocycles. The molecular formula is C23H19N3O5. The first kappa shape index (κ1) is 20.1. The molecule has 0 spiro atoms. The molecule has 1 N–H and O–H groups in total. The first-order valence-corrected chi connectivity index (χ1v) is 9.54. The number of amides is 1. The minimum atomic E-state index is -0.962. The SMILES string of the molecule is COc1ccc(-c2ccc(=O)n(C(C)C(=O)Nc3cc4ccccc4oc3=O)n2)cc1. The quantitative estimate of drug-likeness (QED) is 0.500. The van der Waals surface area contributed by atoms with Crippen molar-refractivity contribution in [3.63, 3.8) is 0 Å². The predicted molar refractivity (Wildman–Crippen MR) is 116 cm³/mol. The maximum Gasteiger partial charge on any atom is 0.360 e. The molecule has 0 saturated carbocycles. The van der Waals surface area contributed by atoms with E-state index in [0.29, 0.717) is 22.4 Å². The van der Waals surface area contributed by atoms with Crippen LogP contribution < -0.4 is 21.2 Å². The van der Waals surface area contributed by atoms with Crippen LogP contribution >= 0.6 is 0 Å². The fraction of sp³-hybridized carbons (Fsp3) is 0.130. The first-order chi connectivity index (χ1) is 15.0. The van der Waals surface area contributed by atoms with E-state index < -0.39 is 23.1 Å². The number of carbonyl (C=O) groups excluding carboxylic acids is 1. The maximum absolute atomic E-state index is 12.8. The fourth-order valence-corrected chi connectivity index (χ4v) is 3.12. The number of nitrogens with one attached hydrogen (secondary N) is 1. The zero-order chi connectivity index (χ0) is 22.0. The van der Waals surface area contributed by atoms with Crippen LogP contribution in [0.5, 0.6) is 5.75 Å². The highest BCUT2D eigenvalue weighted by Gasteiger charge is 2.20. The highest BCUT2D eigenvalue weighted by atomic mass is 16.5. The lowest BCUT2D eigenvalue weighted by atomic mass is 10.1. The van der Waals surface area contributed by atoms with E-state index in [0.717, 1.165) is 10.2 Å². The van der Waals surface area contributed by atoms with Gasteiger partial charge < -0.3 is 14.5 Å². The van der Waals surface area contributed by atoms with E-state index in [1.54, 1.807) is 61.7 Å². The molecule has 4 rings (SSSR count). The zero-order valence-corrected chi connectivity index (χ0v) is 16.9. The van der Waals surface area contributed by atoms with Crippen molar-refractivity contribution < 1.29 is 13.9 Å². The van der Waals surface area contributed by atoms with Gasteiger partial charge in [0.2, 0.25) is 5.91 Å². The van der Waals surface area contributed by atoms with Crippen molar-refractivity contribution in [1.29, 1.82) is 0 Å². The fourth-order valence-electron chi connectivity index (χ4n) is 3.12. The monoisotopic (exact) mass is 417 g/mol. The second kappa shape index (κ2) is 8.27. The van der Waals surface area contributed by atoms with Crippen molar-refractivity contribution in [2.75, 3.05) is 12.4 Å². The predicted octanol–water partition coefficient (Wildman–Crippen LogP) is 3.23. The van der Waals surface area contributed by atoms with E-state index in [-0.39, 0.29) is 5.69 Å². The van der Waals surface area contributed by atoms with Crippen LogP contribution in [0.15, 0.2) is 80.7 Å². The van der Waals surface area contributed by atoms with Crippen LogP contribution in [0.1, 0.15) is 13.0 Å². The molecule has 2 aromatic carbocycles. The number of anilines is 1. The van der Waals surface area contributed by atoms with Crippen molar-refractivity contribution in [3.8, 4) is 17.0 Å². The van der Waals surface area contributed by atoms with E-state index in [9.17, 15) is 14.4 Å². The zero-order valence-electron chi connectivity index (χ0n) is 16.9. The van der Waals surface area contributed by atoms with E-state index in [1.807, 2.05) is 0 Å². The number of hydrogen-bond acceptors (Lipinski definition) is 6. The van der Waals surface area contributed by atoms with E-state index >= 15 is 0 Å². The van der Waals surface area contributed by atoms with Gasteiger partial charge in [-0.2, -0.15) is 5.10 Å². The van der Waals surface area contributed by atoms with Crippen LogP contribution in [0, 0.1) is 0 Å². The normalized spacial score (nSPS) is 11.8. The smallest absolute Gasteiger partial charge is 0.360 e. The summed E-state index contributed by atoms with van der Waals surface area (Å²) in [6.07, 6.45) is 0. The first-order valence-electron chi connectivity index (χ1n) is 9.54. The van der Waals surface area contributed by atoms with Crippen LogP contribution in [0.4, 0.5) is 5.69 Å². The molecule has 2 aromatic heterocycles. The Balaban J connectivity index is 1.62. The third kappa shape index (κ3) is 4.09. The Morgan fingerprint density at radius 3 is 2.55 bits per heavy atom. The highest BCUT2D eigenvalue weighted by molar-refractivity contribution is 5.94. The molecule has 1 atom stereocenters. The van der Waals surface area contributed by atoms with E-state index in [4.69, 9.17) is 9.15 Å². The molecule has 0 bridgehead atoms. The highest BCUT2D eigenvalue weighted by Crippen LogP contribution is 2.20. The van der Waals surface area contributed by atoms with Crippen molar-refractivity contribution in [2.24, 2.45) is 0 Å². The number of para-hydroxylation sites is 1. The molecule has 4 aromatic rings. The van der Waals surface area contributed by atoms with Crippen molar-refractivity contribution in [2.45, 2.75) is 13.0 Å². The third-order valence-corrected chi connectivity index (χ3v) is 4.86. The summed E-state index contributed by atoms with van der Waals surface area (Å²) in [5.41, 5.74) is 0.583. The van der Waals surface area contributed by atoms with Crippen LogP contribution in [0.3, 0.4) is 0 Å². The van der Waals surface area contributed by atoms with Gasteiger partial charge in [-0.05, 0) is 49.4 Å². The standard InChI is InChI=1S/C23H19N3O5/c1-14(22(28)24-19-13-16-5-3-4-6-20(16)31-23(19)29)26-21(27)12-11-18(25-26)15-7-9-17(30-2)10-8-15/h3-14H,1-2H3,(H,24,28). The Morgan fingerprint density at radius 2 is 1.81 bits per heavy atom. The summed E-state index contributed by atoms with van der Waals surface area (Å²) in [6.45, 7) is 1.53. The number of ether oxygens (including phenoxy) is 1. The number of fused-ring (bicyclic) bond motifs is 1. The molecule has 0 aliphatic carbocycles. The number of aromatic nitrogens is 2. The van der Waals surface area contributed by atoms with Gasteiger partial charge in [0.1, 0.15) is 23.1 Å². The van der Waals surface area contributed by atoms with E-state index in [2.05, 4.69) is 10.4 Å². The van der Waals surface area contributed by atoms with Gasteiger partial charge in [0.15, 0.2) is 0 Å². The van der Waals surface area contributed by atoms with Gasteiger partial charge >= 0.3 is 5.63 Å². The summed E-state index contributed by atoms with van der Waals surface area (Å²) in [5, 5.41) is 7.54. The summed E-state index contributed by atoms with van der Waals surface area (Å²) in [5.74, 6) is 0.128. The number of methoxy groups -OCH3 is 1. The lowest BCUT2D eigenvalue weighted by Gasteiger charge is -2.15. The van der Waals surface area contributed by atoms with Crippen molar-refractivity contribution in [1.82, 2.24) is 9.78 Å². The molecule has 0 saturated heterocycles. The minimum absolute atomic E-state index is 0.00471. The molecule has 2 heterocycles. The lowest BCUT2D eigenvalue weighted by molar-refractivity contribution is -0.119.